The summed E-state index contributed by atoms with van der Waals surface area (Å²) >= 11 is 0. The van der Waals surface area contributed by atoms with Crippen molar-refractivity contribution in [2.75, 3.05) is 24.3 Å². The predicted molar refractivity (Wildman–Crippen MR) is 101 cm³/mol. The van der Waals surface area contributed by atoms with Gasteiger partial charge in [-0.25, -0.2) is 12.8 Å². The number of hydrogen-bond acceptors (Lipinski definition) is 4. The van der Waals surface area contributed by atoms with Crippen LogP contribution in [0.3, 0.4) is 0 Å². The Hall–Kier alpha value is -2.25. The Balaban J connectivity index is 1.80. The van der Waals surface area contributed by atoms with Gasteiger partial charge in [0.2, 0.25) is 0 Å². The van der Waals surface area contributed by atoms with Crippen LogP contribution in [0.4, 0.5) is 10.1 Å². The molecule has 0 radical (unpaired) electrons. The third kappa shape index (κ3) is 4.20. The zero-order valence-corrected chi connectivity index (χ0v) is 16.1. The van der Waals surface area contributed by atoms with Crippen LogP contribution >= 0.6 is 0 Å². The number of anilines is 1. The first-order valence-electron chi connectivity index (χ1n) is 8.73. The molecule has 3 rings (SSSR count). The highest BCUT2D eigenvalue weighted by atomic mass is 32.2. The lowest BCUT2D eigenvalue weighted by atomic mass is 9.86. The molecular formula is C20H22FNO4S. The van der Waals surface area contributed by atoms with Crippen molar-refractivity contribution in [2.24, 2.45) is 5.41 Å². The van der Waals surface area contributed by atoms with Gasteiger partial charge in [0.05, 0.1) is 23.9 Å². The quantitative estimate of drug-likeness (QED) is 0.817. The fourth-order valence-electron chi connectivity index (χ4n) is 3.02. The van der Waals surface area contributed by atoms with Crippen LogP contribution in [0.15, 0.2) is 47.4 Å². The largest absolute Gasteiger partial charge is 0.380 e. The van der Waals surface area contributed by atoms with Crippen LogP contribution in [0.5, 0.6) is 0 Å². The number of rotatable bonds is 6. The Labute approximate surface area is 158 Å². The molecule has 2 aromatic rings. The Kier molecular flexibility index (Phi) is 5.35. The molecule has 2 aromatic carbocycles. The maximum Gasteiger partial charge on any atom is 0.255 e. The predicted octanol–water partition coefficient (Wildman–Crippen LogP) is 3.59. The summed E-state index contributed by atoms with van der Waals surface area (Å²) in [7, 11) is -3.54. The Morgan fingerprint density at radius 1 is 1.22 bits per heavy atom. The van der Waals surface area contributed by atoms with Crippen LogP contribution < -0.4 is 5.32 Å². The van der Waals surface area contributed by atoms with E-state index < -0.39 is 15.7 Å². The summed E-state index contributed by atoms with van der Waals surface area (Å²) in [6.07, 6.45) is 0.719. The molecule has 0 atom stereocenters. The zero-order chi connectivity index (χ0) is 19.7. The molecule has 0 spiro atoms. The van der Waals surface area contributed by atoms with Gasteiger partial charge in [-0.1, -0.05) is 13.0 Å². The number of hydrogen-bond donors (Lipinski definition) is 1. The van der Waals surface area contributed by atoms with Crippen molar-refractivity contribution in [3.05, 3.63) is 59.4 Å². The normalized spacial score (nSPS) is 15.8. The highest BCUT2D eigenvalue weighted by Crippen LogP contribution is 2.34. The first-order valence-corrected chi connectivity index (χ1v) is 10.4. The topological polar surface area (TPSA) is 72.5 Å². The molecule has 1 heterocycles. The minimum atomic E-state index is -3.54. The van der Waals surface area contributed by atoms with Crippen LogP contribution in [0.1, 0.15) is 29.3 Å². The lowest BCUT2D eigenvalue weighted by molar-refractivity contribution is -0.100. The SMILES string of the molecule is CCC1(CS(=O)(=O)c2cccc(C(=O)Nc3ccc(F)c(C)c3)c2)COC1. The molecule has 27 heavy (non-hydrogen) atoms. The van der Waals surface area contributed by atoms with Gasteiger partial charge in [-0.3, -0.25) is 4.79 Å². The lowest BCUT2D eigenvalue weighted by Gasteiger charge is -2.40. The molecule has 0 aromatic heterocycles. The van der Waals surface area contributed by atoms with E-state index in [0.29, 0.717) is 24.5 Å². The summed E-state index contributed by atoms with van der Waals surface area (Å²) in [5.74, 6) is -0.806. The first kappa shape index (κ1) is 19.5. The van der Waals surface area contributed by atoms with Gasteiger partial charge in [-0.05, 0) is 55.3 Å². The van der Waals surface area contributed by atoms with E-state index in [2.05, 4.69) is 5.32 Å². The van der Waals surface area contributed by atoms with E-state index >= 15 is 0 Å². The van der Waals surface area contributed by atoms with Crippen molar-refractivity contribution < 1.29 is 22.3 Å². The number of amides is 1. The Morgan fingerprint density at radius 3 is 2.56 bits per heavy atom. The molecule has 0 saturated carbocycles. The molecule has 1 aliphatic rings. The molecule has 5 nitrogen and oxygen atoms in total. The van der Waals surface area contributed by atoms with Gasteiger partial charge in [0.1, 0.15) is 5.82 Å². The van der Waals surface area contributed by atoms with Crippen molar-refractivity contribution in [2.45, 2.75) is 25.2 Å². The van der Waals surface area contributed by atoms with E-state index in [-0.39, 0.29) is 27.4 Å². The highest BCUT2D eigenvalue weighted by molar-refractivity contribution is 7.91. The lowest BCUT2D eigenvalue weighted by Crippen LogP contribution is -2.47. The summed E-state index contributed by atoms with van der Waals surface area (Å²) in [6, 6.07) is 10.2. The van der Waals surface area contributed by atoms with Crippen molar-refractivity contribution in [1.29, 1.82) is 0 Å². The van der Waals surface area contributed by atoms with E-state index in [4.69, 9.17) is 4.74 Å². The van der Waals surface area contributed by atoms with Crippen molar-refractivity contribution in [3.8, 4) is 0 Å². The van der Waals surface area contributed by atoms with Crippen LogP contribution in [0, 0.1) is 18.2 Å². The number of sulfone groups is 1. The number of aryl methyl sites for hydroxylation is 1. The zero-order valence-electron chi connectivity index (χ0n) is 15.3. The third-order valence-corrected chi connectivity index (χ3v) is 6.90. The van der Waals surface area contributed by atoms with E-state index in [0.717, 1.165) is 6.42 Å². The van der Waals surface area contributed by atoms with Gasteiger partial charge in [-0.15, -0.1) is 0 Å². The maximum absolute atomic E-state index is 13.4. The summed E-state index contributed by atoms with van der Waals surface area (Å²) < 4.78 is 44.1. The molecule has 1 saturated heterocycles. The molecule has 1 fully saturated rings. The van der Waals surface area contributed by atoms with Crippen molar-refractivity contribution in [3.63, 3.8) is 0 Å². The van der Waals surface area contributed by atoms with Crippen LogP contribution in [0.2, 0.25) is 0 Å². The minimum Gasteiger partial charge on any atom is -0.380 e. The highest BCUT2D eigenvalue weighted by Gasteiger charge is 2.41. The molecule has 0 aliphatic carbocycles. The van der Waals surface area contributed by atoms with E-state index in [9.17, 15) is 17.6 Å². The number of benzene rings is 2. The fourth-order valence-corrected chi connectivity index (χ4v) is 4.96. The monoisotopic (exact) mass is 391 g/mol. The molecular weight excluding hydrogens is 369 g/mol. The molecule has 1 aliphatic heterocycles. The smallest absolute Gasteiger partial charge is 0.255 e. The van der Waals surface area contributed by atoms with Crippen LogP contribution in [-0.4, -0.2) is 33.3 Å². The standard InChI is InChI=1S/C20H22FNO4S/c1-3-20(11-26-12-20)13-27(24,25)17-6-4-5-15(10-17)19(23)22-16-7-8-18(21)14(2)9-16/h4-10H,3,11-13H2,1-2H3,(H,22,23). The number of nitrogens with one attached hydrogen (secondary N) is 1. The van der Waals surface area contributed by atoms with E-state index in [1.165, 1.54) is 30.3 Å². The summed E-state index contributed by atoms with van der Waals surface area (Å²) in [6.45, 7) is 4.43. The average Bonchev–Trinajstić information content (AvgIpc) is 2.61. The number of carbonyl (C=O) groups is 1. The van der Waals surface area contributed by atoms with Crippen LogP contribution in [0.25, 0.3) is 0 Å². The first-order chi connectivity index (χ1) is 12.7. The second-order valence-corrected chi connectivity index (χ2v) is 9.04. The molecule has 144 valence electrons. The molecule has 1 N–H and O–H groups in total. The second kappa shape index (κ2) is 7.40. The van der Waals surface area contributed by atoms with Crippen molar-refractivity contribution >= 4 is 21.4 Å². The summed E-state index contributed by atoms with van der Waals surface area (Å²) in [4.78, 5) is 12.6. The van der Waals surface area contributed by atoms with Gasteiger partial charge in [0.25, 0.3) is 5.91 Å². The van der Waals surface area contributed by atoms with Crippen LogP contribution in [-0.2, 0) is 14.6 Å². The van der Waals surface area contributed by atoms with Gasteiger partial charge in [0.15, 0.2) is 9.84 Å². The molecule has 0 bridgehead atoms. The van der Waals surface area contributed by atoms with Gasteiger partial charge >= 0.3 is 0 Å². The van der Waals surface area contributed by atoms with Gasteiger partial charge in [0, 0.05) is 16.7 Å². The number of ether oxygens (including phenoxy) is 1. The number of carbonyl (C=O) groups excluding carboxylic acids is 1. The summed E-state index contributed by atoms with van der Waals surface area (Å²) in [5.41, 5.74) is 0.747. The average molecular weight is 391 g/mol. The fraction of sp³-hybridized carbons (Fsp3) is 0.350. The maximum atomic E-state index is 13.4. The van der Waals surface area contributed by atoms with Crippen molar-refractivity contribution in [1.82, 2.24) is 0 Å². The molecule has 1 amide bonds. The summed E-state index contributed by atoms with van der Waals surface area (Å²) in [5, 5.41) is 2.67. The van der Waals surface area contributed by atoms with E-state index in [1.54, 1.807) is 19.1 Å². The van der Waals surface area contributed by atoms with Gasteiger partial charge < -0.3 is 10.1 Å². The van der Waals surface area contributed by atoms with Gasteiger partial charge in [-0.2, -0.15) is 0 Å². The second-order valence-electron chi connectivity index (χ2n) is 7.05. The molecule has 0 unspecified atom stereocenters. The van der Waals surface area contributed by atoms with E-state index in [1.807, 2.05) is 6.92 Å². The Bertz CT molecular complexity index is 962. The Morgan fingerprint density at radius 2 is 1.96 bits per heavy atom. The third-order valence-electron chi connectivity index (χ3n) is 4.93. The number of halogens is 1. The molecule has 7 heteroatoms. The minimum absolute atomic E-state index is 0.00126.